The van der Waals surface area contributed by atoms with Crippen molar-refractivity contribution in [3.63, 3.8) is 0 Å². The van der Waals surface area contributed by atoms with Crippen LogP contribution in [0.1, 0.15) is 34.1 Å². The van der Waals surface area contributed by atoms with E-state index in [1.807, 2.05) is 33.8 Å². The first-order chi connectivity index (χ1) is 10.3. The van der Waals surface area contributed by atoms with Crippen LogP contribution in [0, 0.1) is 11.8 Å². The van der Waals surface area contributed by atoms with Crippen molar-refractivity contribution in [1.82, 2.24) is 5.32 Å². The third-order valence-electron chi connectivity index (χ3n) is 3.55. The number of nitrogens with zero attached hydrogens (tertiary/aromatic N) is 1. The average Bonchev–Trinajstić information content (AvgIpc) is 3.14. The predicted octanol–water partition coefficient (Wildman–Crippen LogP) is 2.69. The highest BCUT2D eigenvalue weighted by molar-refractivity contribution is 5.77. The summed E-state index contributed by atoms with van der Waals surface area (Å²) in [5, 5.41) is 3.29. The molecule has 124 valence electrons. The van der Waals surface area contributed by atoms with Crippen LogP contribution >= 0.6 is 0 Å². The first-order valence-electron chi connectivity index (χ1n) is 7.60. The van der Waals surface area contributed by atoms with Gasteiger partial charge in [0.25, 0.3) is 0 Å². The molecule has 0 aromatic heterocycles. The molecule has 1 aliphatic rings. The summed E-state index contributed by atoms with van der Waals surface area (Å²) < 4.78 is 10.5. The normalized spacial score (nSPS) is 25.3. The van der Waals surface area contributed by atoms with Crippen molar-refractivity contribution in [2.75, 3.05) is 13.8 Å². The van der Waals surface area contributed by atoms with E-state index in [9.17, 15) is 4.79 Å². The lowest BCUT2D eigenvalue weighted by atomic mass is 10.2. The van der Waals surface area contributed by atoms with Crippen molar-refractivity contribution in [2.45, 2.75) is 45.8 Å². The Morgan fingerprint density at radius 1 is 1.41 bits per heavy atom. The molecule has 3 atom stereocenters. The summed E-state index contributed by atoms with van der Waals surface area (Å²) in [6.45, 7) is 12.0. The van der Waals surface area contributed by atoms with Crippen LogP contribution in [0.3, 0.4) is 0 Å². The van der Waals surface area contributed by atoms with Crippen molar-refractivity contribution >= 4 is 12.2 Å². The number of esters is 1. The standard InChI is InChI=1S/C17H28N2O3/c1-7-12(18-8-2)9-10-13-14(16(20)21-6)15(13)19-11-22-17(3,4)5/h7-9,13-15,19H,1,10-11H2,2-6H3/b12-9-,18-8?. The lowest BCUT2D eigenvalue weighted by Gasteiger charge is -2.19. The topological polar surface area (TPSA) is 59.9 Å². The Balaban J connectivity index is 2.59. The molecule has 1 N–H and O–H groups in total. The average molecular weight is 308 g/mol. The van der Waals surface area contributed by atoms with Crippen LogP contribution in [0.15, 0.2) is 29.4 Å². The van der Waals surface area contributed by atoms with Gasteiger partial charge in [-0.05, 0) is 46.1 Å². The predicted molar refractivity (Wildman–Crippen MR) is 88.7 cm³/mol. The van der Waals surface area contributed by atoms with Crippen LogP contribution < -0.4 is 5.32 Å². The Morgan fingerprint density at radius 3 is 2.59 bits per heavy atom. The highest BCUT2D eigenvalue weighted by atomic mass is 16.5. The van der Waals surface area contributed by atoms with Crippen LogP contribution in [0.5, 0.6) is 0 Å². The van der Waals surface area contributed by atoms with Gasteiger partial charge in [0, 0.05) is 12.3 Å². The molecule has 1 aliphatic carbocycles. The third-order valence-corrected chi connectivity index (χ3v) is 3.55. The van der Waals surface area contributed by atoms with Crippen LogP contribution in [-0.4, -0.2) is 37.7 Å². The summed E-state index contributed by atoms with van der Waals surface area (Å²) in [4.78, 5) is 16.0. The highest BCUT2D eigenvalue weighted by Gasteiger charge is 2.54. The first-order valence-corrected chi connectivity index (χ1v) is 7.60. The van der Waals surface area contributed by atoms with Gasteiger partial charge in [-0.2, -0.15) is 0 Å². The van der Waals surface area contributed by atoms with Gasteiger partial charge in [0.05, 0.1) is 31.1 Å². The van der Waals surface area contributed by atoms with Gasteiger partial charge < -0.3 is 9.47 Å². The molecule has 0 bridgehead atoms. The molecule has 0 heterocycles. The summed E-state index contributed by atoms with van der Waals surface area (Å²) in [5.41, 5.74) is 0.617. The van der Waals surface area contributed by atoms with Crippen molar-refractivity contribution in [2.24, 2.45) is 16.8 Å². The summed E-state index contributed by atoms with van der Waals surface area (Å²) in [6, 6.07) is 0.0859. The number of nitrogens with one attached hydrogen (secondary N) is 1. The van der Waals surface area contributed by atoms with Gasteiger partial charge in [-0.1, -0.05) is 12.7 Å². The van der Waals surface area contributed by atoms with E-state index in [2.05, 4.69) is 16.9 Å². The van der Waals surface area contributed by atoms with E-state index in [4.69, 9.17) is 9.47 Å². The van der Waals surface area contributed by atoms with E-state index >= 15 is 0 Å². The molecule has 0 aromatic rings. The number of carbonyl (C=O) groups is 1. The van der Waals surface area contributed by atoms with E-state index in [0.29, 0.717) is 6.73 Å². The maximum Gasteiger partial charge on any atom is 0.310 e. The number of aliphatic imine (C=N–C) groups is 1. The number of rotatable bonds is 8. The fourth-order valence-corrected chi connectivity index (χ4v) is 2.35. The number of methoxy groups -OCH3 is 1. The van der Waals surface area contributed by atoms with Gasteiger partial charge in [-0.25, -0.2) is 0 Å². The Bertz CT molecular complexity index is 449. The van der Waals surface area contributed by atoms with Crippen molar-refractivity contribution in [3.05, 3.63) is 24.4 Å². The largest absolute Gasteiger partial charge is 0.469 e. The highest BCUT2D eigenvalue weighted by Crippen LogP contribution is 2.43. The minimum Gasteiger partial charge on any atom is -0.469 e. The van der Waals surface area contributed by atoms with E-state index in [0.717, 1.165) is 12.1 Å². The van der Waals surface area contributed by atoms with Gasteiger partial charge in [0.15, 0.2) is 0 Å². The smallest absolute Gasteiger partial charge is 0.310 e. The lowest BCUT2D eigenvalue weighted by molar-refractivity contribution is -0.142. The molecule has 0 amide bonds. The molecule has 5 heteroatoms. The number of carbonyl (C=O) groups excluding carboxylic acids is 1. The minimum atomic E-state index is -0.204. The third kappa shape index (κ3) is 5.73. The Labute approximate surface area is 133 Å². The van der Waals surface area contributed by atoms with Crippen molar-refractivity contribution < 1.29 is 14.3 Å². The van der Waals surface area contributed by atoms with E-state index in [1.165, 1.54) is 7.11 Å². The fraction of sp³-hybridized carbons (Fsp3) is 0.647. The van der Waals surface area contributed by atoms with Crippen LogP contribution in [0.4, 0.5) is 0 Å². The van der Waals surface area contributed by atoms with Crippen molar-refractivity contribution in [1.29, 1.82) is 0 Å². The minimum absolute atomic E-state index is 0.0859. The summed E-state index contributed by atoms with van der Waals surface area (Å²) in [6.07, 6.45) is 6.19. The molecule has 1 fully saturated rings. The summed E-state index contributed by atoms with van der Waals surface area (Å²) >= 11 is 0. The van der Waals surface area contributed by atoms with Crippen LogP contribution in [0.25, 0.3) is 0 Å². The quantitative estimate of drug-likeness (QED) is 0.324. The second-order valence-corrected chi connectivity index (χ2v) is 6.30. The Kier molecular flexibility index (Phi) is 6.97. The molecule has 0 aromatic carbocycles. The van der Waals surface area contributed by atoms with Crippen molar-refractivity contribution in [3.8, 4) is 0 Å². The molecule has 3 unspecified atom stereocenters. The number of hydrogen-bond donors (Lipinski definition) is 1. The second-order valence-electron chi connectivity index (χ2n) is 6.30. The molecular weight excluding hydrogens is 280 g/mol. The molecule has 1 saturated carbocycles. The number of hydrogen-bond acceptors (Lipinski definition) is 5. The summed E-state index contributed by atoms with van der Waals surface area (Å²) in [5.74, 6) is -0.0923. The maximum atomic E-state index is 11.8. The van der Waals surface area contributed by atoms with E-state index in [-0.39, 0.29) is 29.4 Å². The molecule has 1 rings (SSSR count). The van der Waals surface area contributed by atoms with E-state index in [1.54, 1.807) is 12.3 Å². The second kappa shape index (κ2) is 8.25. The Morgan fingerprint density at radius 2 is 2.09 bits per heavy atom. The molecule has 0 saturated heterocycles. The zero-order valence-corrected chi connectivity index (χ0v) is 14.3. The number of allylic oxidation sites excluding steroid dienone is 2. The van der Waals surface area contributed by atoms with Gasteiger partial charge in [-0.15, -0.1) is 0 Å². The van der Waals surface area contributed by atoms with Crippen LogP contribution in [0.2, 0.25) is 0 Å². The van der Waals surface area contributed by atoms with Gasteiger partial charge in [0.2, 0.25) is 0 Å². The maximum absolute atomic E-state index is 11.8. The van der Waals surface area contributed by atoms with Gasteiger partial charge in [-0.3, -0.25) is 15.1 Å². The number of ether oxygens (including phenoxy) is 2. The molecule has 0 aliphatic heterocycles. The zero-order chi connectivity index (χ0) is 16.8. The SMILES string of the molecule is C=C/C(=C/CC1C(NCOC(C)(C)C)C1C(=O)OC)N=CC. The molecule has 0 spiro atoms. The van der Waals surface area contributed by atoms with Crippen LogP contribution in [-0.2, 0) is 14.3 Å². The molecule has 22 heavy (non-hydrogen) atoms. The van der Waals surface area contributed by atoms with Gasteiger partial charge in [0.1, 0.15) is 0 Å². The lowest BCUT2D eigenvalue weighted by Crippen LogP contribution is -2.30. The monoisotopic (exact) mass is 308 g/mol. The zero-order valence-electron chi connectivity index (χ0n) is 14.3. The molecule has 5 nitrogen and oxygen atoms in total. The van der Waals surface area contributed by atoms with E-state index < -0.39 is 0 Å². The molecule has 0 radical (unpaired) electrons. The Hall–Kier alpha value is -1.46. The fourth-order valence-electron chi connectivity index (χ4n) is 2.35. The first kappa shape index (κ1) is 18.6. The molecular formula is C17H28N2O3. The summed E-state index contributed by atoms with van der Waals surface area (Å²) in [7, 11) is 1.42. The van der Waals surface area contributed by atoms with Gasteiger partial charge >= 0.3 is 5.97 Å².